The molecule has 0 unspecified atom stereocenters. The van der Waals surface area contributed by atoms with Crippen LogP contribution in [0, 0.1) is 0 Å². The first-order valence-electron chi connectivity index (χ1n) is 6.79. The van der Waals surface area contributed by atoms with E-state index in [9.17, 15) is 0 Å². The molecule has 2 aromatic rings. The predicted molar refractivity (Wildman–Crippen MR) is 78.4 cm³/mol. The van der Waals surface area contributed by atoms with Crippen molar-refractivity contribution in [3.8, 4) is 0 Å². The Morgan fingerprint density at radius 1 is 1.16 bits per heavy atom. The van der Waals surface area contributed by atoms with E-state index in [0.29, 0.717) is 0 Å². The number of guanidine groups is 1. The second-order valence-electron chi connectivity index (χ2n) is 4.68. The quantitative estimate of drug-likeness (QED) is 0.876. The third-order valence-electron chi connectivity index (χ3n) is 3.23. The van der Waals surface area contributed by atoms with Crippen molar-refractivity contribution in [3.63, 3.8) is 0 Å². The molecule has 1 aliphatic heterocycles. The summed E-state index contributed by atoms with van der Waals surface area (Å²) in [6.07, 6.45) is 2.03. The minimum absolute atomic E-state index is 0.858. The number of aromatic nitrogens is 1. The highest BCUT2D eigenvalue weighted by Crippen LogP contribution is 2.11. The first kappa shape index (κ1) is 12.0. The van der Waals surface area contributed by atoms with Crippen molar-refractivity contribution < 1.29 is 0 Å². The van der Waals surface area contributed by atoms with Gasteiger partial charge in [0.15, 0.2) is 5.96 Å². The average Bonchev–Trinajstić information content (AvgIpc) is 2.48. The molecule has 0 saturated carbocycles. The van der Waals surface area contributed by atoms with Gasteiger partial charge in [0.1, 0.15) is 0 Å². The Labute approximate surface area is 113 Å². The van der Waals surface area contributed by atoms with Crippen molar-refractivity contribution in [1.82, 2.24) is 15.6 Å². The lowest BCUT2D eigenvalue weighted by Crippen LogP contribution is -2.41. The molecule has 1 aliphatic rings. The van der Waals surface area contributed by atoms with Gasteiger partial charge in [0.25, 0.3) is 0 Å². The third-order valence-corrected chi connectivity index (χ3v) is 3.23. The van der Waals surface area contributed by atoms with Crippen molar-refractivity contribution >= 4 is 16.9 Å². The molecule has 0 radical (unpaired) electrons. The van der Waals surface area contributed by atoms with Gasteiger partial charge in [-0.05, 0) is 18.6 Å². The zero-order chi connectivity index (χ0) is 12.9. The summed E-state index contributed by atoms with van der Waals surface area (Å²) in [5.41, 5.74) is 2.18. The van der Waals surface area contributed by atoms with Crippen molar-refractivity contribution in [3.05, 3.63) is 42.1 Å². The monoisotopic (exact) mass is 254 g/mol. The largest absolute Gasteiger partial charge is 0.356 e. The Bertz CT molecular complexity index is 591. The molecule has 0 amide bonds. The minimum atomic E-state index is 0.858. The Balaban J connectivity index is 1.60. The van der Waals surface area contributed by atoms with Crippen LogP contribution in [0.15, 0.2) is 41.4 Å². The van der Waals surface area contributed by atoms with Crippen LogP contribution in [0.25, 0.3) is 10.9 Å². The van der Waals surface area contributed by atoms with E-state index in [0.717, 1.165) is 49.6 Å². The molecule has 0 aliphatic carbocycles. The molecule has 0 atom stereocenters. The zero-order valence-corrected chi connectivity index (χ0v) is 10.9. The Kier molecular flexibility index (Phi) is 3.58. The number of pyridine rings is 1. The third kappa shape index (κ3) is 3.02. The number of nitrogens with one attached hydrogen (secondary N) is 2. The smallest absolute Gasteiger partial charge is 0.191 e. The number of hydrogen-bond acceptors (Lipinski definition) is 4. The second-order valence-corrected chi connectivity index (χ2v) is 4.68. The van der Waals surface area contributed by atoms with Crippen molar-refractivity contribution in [2.45, 2.75) is 12.8 Å². The molecule has 4 heteroatoms. The highest BCUT2D eigenvalue weighted by Gasteiger charge is 2.03. The van der Waals surface area contributed by atoms with Crippen molar-refractivity contribution in [1.29, 1.82) is 0 Å². The summed E-state index contributed by atoms with van der Waals surface area (Å²) in [5, 5.41) is 7.76. The van der Waals surface area contributed by atoms with Crippen LogP contribution in [0.2, 0.25) is 0 Å². The van der Waals surface area contributed by atoms with E-state index in [-0.39, 0.29) is 0 Å². The van der Waals surface area contributed by atoms with Crippen LogP contribution in [0.4, 0.5) is 0 Å². The molecule has 2 N–H and O–H groups in total. The van der Waals surface area contributed by atoms with E-state index >= 15 is 0 Å². The fourth-order valence-electron chi connectivity index (χ4n) is 2.21. The normalized spacial score (nSPS) is 14.8. The van der Waals surface area contributed by atoms with Gasteiger partial charge in [-0.2, -0.15) is 0 Å². The van der Waals surface area contributed by atoms with E-state index < -0.39 is 0 Å². The minimum Gasteiger partial charge on any atom is -0.356 e. The lowest BCUT2D eigenvalue weighted by molar-refractivity contribution is 0.698. The Morgan fingerprint density at radius 3 is 3.00 bits per heavy atom. The average molecular weight is 254 g/mol. The topological polar surface area (TPSA) is 49.3 Å². The molecule has 2 heterocycles. The summed E-state index contributed by atoms with van der Waals surface area (Å²) < 4.78 is 0. The second kappa shape index (κ2) is 5.69. The number of nitrogens with zero attached hydrogens (tertiary/aromatic N) is 2. The maximum absolute atomic E-state index is 4.66. The lowest BCUT2D eigenvalue weighted by Gasteiger charge is -2.15. The maximum atomic E-state index is 4.66. The highest BCUT2D eigenvalue weighted by atomic mass is 15.2. The van der Waals surface area contributed by atoms with Gasteiger partial charge in [-0.15, -0.1) is 0 Å². The molecule has 19 heavy (non-hydrogen) atoms. The first-order chi connectivity index (χ1) is 9.42. The van der Waals surface area contributed by atoms with Crippen LogP contribution in [-0.2, 0) is 6.42 Å². The van der Waals surface area contributed by atoms with Crippen LogP contribution >= 0.6 is 0 Å². The number of rotatable bonds is 3. The number of benzene rings is 1. The molecular formula is C15H18N4. The molecule has 1 aromatic carbocycles. The molecule has 0 fully saturated rings. The highest BCUT2D eigenvalue weighted by molar-refractivity contribution is 5.80. The van der Waals surface area contributed by atoms with Crippen LogP contribution < -0.4 is 10.6 Å². The molecule has 0 bridgehead atoms. The summed E-state index contributed by atoms with van der Waals surface area (Å²) in [5.74, 6) is 0.923. The predicted octanol–water partition coefficient (Wildman–Crippen LogP) is 1.72. The van der Waals surface area contributed by atoms with Gasteiger partial charge in [0.05, 0.1) is 5.52 Å². The summed E-state index contributed by atoms with van der Waals surface area (Å²) in [6.45, 7) is 2.79. The number of fused-ring (bicyclic) bond motifs is 1. The Morgan fingerprint density at radius 2 is 2.11 bits per heavy atom. The van der Waals surface area contributed by atoms with Crippen molar-refractivity contribution in [2.75, 3.05) is 19.6 Å². The van der Waals surface area contributed by atoms with Gasteiger partial charge in [0.2, 0.25) is 0 Å². The molecular weight excluding hydrogens is 236 g/mol. The SMILES string of the molecule is c1ccc2nc(CCNC3=NCCCN3)ccc2c1. The van der Waals surface area contributed by atoms with Crippen molar-refractivity contribution in [2.24, 2.45) is 4.99 Å². The summed E-state index contributed by atoms with van der Waals surface area (Å²) in [4.78, 5) is 9.04. The maximum Gasteiger partial charge on any atom is 0.191 e. The summed E-state index contributed by atoms with van der Waals surface area (Å²) >= 11 is 0. The summed E-state index contributed by atoms with van der Waals surface area (Å²) in [6, 6.07) is 12.4. The fraction of sp³-hybridized carbons (Fsp3) is 0.333. The van der Waals surface area contributed by atoms with Crippen LogP contribution in [0.5, 0.6) is 0 Å². The Hall–Kier alpha value is -2.10. The van der Waals surface area contributed by atoms with Gasteiger partial charge < -0.3 is 10.6 Å². The molecule has 4 nitrogen and oxygen atoms in total. The summed E-state index contributed by atoms with van der Waals surface area (Å²) in [7, 11) is 0. The number of hydrogen-bond donors (Lipinski definition) is 2. The molecule has 0 spiro atoms. The number of para-hydroxylation sites is 1. The van der Waals surface area contributed by atoms with Gasteiger partial charge in [-0.3, -0.25) is 9.98 Å². The van der Waals surface area contributed by atoms with E-state index in [1.165, 1.54) is 5.39 Å². The van der Waals surface area contributed by atoms with Gasteiger partial charge in [-0.1, -0.05) is 24.3 Å². The molecule has 98 valence electrons. The van der Waals surface area contributed by atoms with Crippen LogP contribution in [-0.4, -0.2) is 30.6 Å². The van der Waals surface area contributed by atoms with E-state index in [1.54, 1.807) is 0 Å². The first-order valence-corrected chi connectivity index (χ1v) is 6.79. The molecule has 1 aromatic heterocycles. The van der Waals surface area contributed by atoms with Gasteiger partial charge >= 0.3 is 0 Å². The van der Waals surface area contributed by atoms with Crippen LogP contribution in [0.3, 0.4) is 0 Å². The van der Waals surface area contributed by atoms with Crippen LogP contribution in [0.1, 0.15) is 12.1 Å². The molecule has 0 saturated heterocycles. The lowest BCUT2D eigenvalue weighted by atomic mass is 10.2. The molecule has 3 rings (SSSR count). The fourth-order valence-corrected chi connectivity index (χ4v) is 2.21. The van der Waals surface area contributed by atoms with E-state index in [2.05, 4.69) is 44.9 Å². The van der Waals surface area contributed by atoms with E-state index in [4.69, 9.17) is 0 Å². The zero-order valence-electron chi connectivity index (χ0n) is 10.9. The standard InChI is InChI=1S/C15H18N4/c1-2-5-14-12(4-1)6-7-13(19-14)8-11-18-15-16-9-3-10-17-15/h1-2,4-7H,3,8-11H2,(H2,16,17,18). The van der Waals surface area contributed by atoms with Gasteiger partial charge in [0, 0.05) is 37.1 Å². The number of aliphatic imine (C=N–C) groups is 1. The van der Waals surface area contributed by atoms with E-state index in [1.807, 2.05) is 12.1 Å². The van der Waals surface area contributed by atoms with Gasteiger partial charge in [-0.25, -0.2) is 0 Å².